The Hall–Kier alpha value is -1.94. The molecule has 116 valence electrons. The summed E-state index contributed by atoms with van der Waals surface area (Å²) in [6.07, 6.45) is 1.47. The van der Waals surface area contributed by atoms with Gasteiger partial charge in [-0.25, -0.2) is 8.78 Å². The molecule has 0 heterocycles. The number of rotatable bonds is 6. The lowest BCUT2D eigenvalue weighted by molar-refractivity contribution is -0.120. The minimum absolute atomic E-state index is 0.0143. The number of amides is 1. The van der Waals surface area contributed by atoms with Crippen molar-refractivity contribution in [3.05, 3.63) is 70.2 Å². The van der Waals surface area contributed by atoms with Crippen molar-refractivity contribution in [3.63, 3.8) is 0 Å². The molecule has 0 aliphatic rings. The van der Waals surface area contributed by atoms with Crippen LogP contribution in [-0.4, -0.2) is 12.5 Å². The van der Waals surface area contributed by atoms with Gasteiger partial charge in [0.15, 0.2) is 0 Å². The summed E-state index contributed by atoms with van der Waals surface area (Å²) in [6, 6.07) is 10.5. The number of carbonyl (C=O) groups excluding carboxylic acids is 1. The van der Waals surface area contributed by atoms with E-state index in [1.807, 2.05) is 0 Å². The second-order valence-corrected chi connectivity index (χ2v) is 5.43. The van der Waals surface area contributed by atoms with E-state index < -0.39 is 5.82 Å². The average molecular weight is 324 g/mol. The highest BCUT2D eigenvalue weighted by Gasteiger charge is 2.08. The van der Waals surface area contributed by atoms with E-state index in [2.05, 4.69) is 5.32 Å². The number of aryl methyl sites for hydroxylation is 1. The number of nitrogens with one attached hydrogen (secondary N) is 1. The molecule has 0 saturated carbocycles. The third-order valence-electron chi connectivity index (χ3n) is 3.24. The van der Waals surface area contributed by atoms with E-state index >= 15 is 0 Å². The topological polar surface area (TPSA) is 29.1 Å². The monoisotopic (exact) mass is 323 g/mol. The molecule has 0 aliphatic heterocycles. The van der Waals surface area contributed by atoms with Crippen LogP contribution >= 0.6 is 11.6 Å². The van der Waals surface area contributed by atoms with Crippen molar-refractivity contribution in [2.75, 3.05) is 6.54 Å². The summed E-state index contributed by atoms with van der Waals surface area (Å²) in [6.45, 7) is 0.491. The normalized spacial score (nSPS) is 10.5. The molecule has 0 bridgehead atoms. The summed E-state index contributed by atoms with van der Waals surface area (Å²) in [4.78, 5) is 11.7. The van der Waals surface area contributed by atoms with Crippen molar-refractivity contribution in [1.29, 1.82) is 0 Å². The van der Waals surface area contributed by atoms with Crippen molar-refractivity contribution in [1.82, 2.24) is 5.32 Å². The summed E-state index contributed by atoms with van der Waals surface area (Å²) in [5, 5.41) is 3.05. The van der Waals surface area contributed by atoms with E-state index in [9.17, 15) is 13.6 Å². The maximum Gasteiger partial charge on any atom is 0.224 e. The van der Waals surface area contributed by atoms with E-state index in [0.29, 0.717) is 17.1 Å². The Bertz CT molecular complexity index is 644. The predicted octanol–water partition coefficient (Wildman–Crippen LogP) is 3.91. The largest absolute Gasteiger partial charge is 0.356 e. The van der Waals surface area contributed by atoms with Gasteiger partial charge in [-0.1, -0.05) is 29.8 Å². The zero-order valence-electron chi connectivity index (χ0n) is 11.9. The van der Waals surface area contributed by atoms with Gasteiger partial charge in [0.05, 0.1) is 6.42 Å². The summed E-state index contributed by atoms with van der Waals surface area (Å²) >= 11 is 5.66. The summed E-state index contributed by atoms with van der Waals surface area (Å²) in [5.74, 6) is -0.976. The van der Waals surface area contributed by atoms with Gasteiger partial charge in [-0.05, 0) is 48.2 Å². The van der Waals surface area contributed by atoms with Gasteiger partial charge in [-0.3, -0.25) is 4.79 Å². The lowest BCUT2D eigenvalue weighted by atomic mass is 10.1. The molecule has 0 spiro atoms. The van der Waals surface area contributed by atoms with Crippen molar-refractivity contribution in [2.24, 2.45) is 0 Å². The first-order valence-corrected chi connectivity index (χ1v) is 7.37. The SMILES string of the molecule is O=C(Cc1ccc(Cl)cc1F)NCCCc1ccc(F)cc1. The van der Waals surface area contributed by atoms with Gasteiger partial charge in [0.1, 0.15) is 11.6 Å². The molecular weight excluding hydrogens is 308 g/mol. The first-order chi connectivity index (χ1) is 10.5. The van der Waals surface area contributed by atoms with E-state index in [1.165, 1.54) is 24.3 Å². The predicted molar refractivity (Wildman–Crippen MR) is 82.8 cm³/mol. The summed E-state index contributed by atoms with van der Waals surface area (Å²) < 4.78 is 26.3. The van der Waals surface area contributed by atoms with Gasteiger partial charge >= 0.3 is 0 Å². The molecule has 1 amide bonds. The van der Waals surface area contributed by atoms with Gasteiger partial charge in [0, 0.05) is 11.6 Å². The molecule has 2 aromatic carbocycles. The zero-order chi connectivity index (χ0) is 15.9. The lowest BCUT2D eigenvalue weighted by Crippen LogP contribution is -2.26. The summed E-state index contributed by atoms with van der Waals surface area (Å²) in [7, 11) is 0. The maximum absolute atomic E-state index is 13.6. The minimum atomic E-state index is -0.478. The molecule has 2 rings (SSSR count). The van der Waals surface area contributed by atoms with Crippen molar-refractivity contribution in [2.45, 2.75) is 19.3 Å². The number of carbonyl (C=O) groups is 1. The van der Waals surface area contributed by atoms with Crippen LogP contribution in [0.4, 0.5) is 8.78 Å². The van der Waals surface area contributed by atoms with Crippen LogP contribution in [0.5, 0.6) is 0 Å². The third-order valence-corrected chi connectivity index (χ3v) is 3.48. The van der Waals surface area contributed by atoms with E-state index in [4.69, 9.17) is 11.6 Å². The summed E-state index contributed by atoms with van der Waals surface area (Å²) in [5.41, 5.74) is 1.33. The number of benzene rings is 2. The second kappa shape index (κ2) is 7.90. The van der Waals surface area contributed by atoms with E-state index in [1.54, 1.807) is 18.2 Å². The van der Waals surface area contributed by atoms with Crippen LogP contribution in [-0.2, 0) is 17.6 Å². The first-order valence-electron chi connectivity index (χ1n) is 6.99. The Morgan fingerprint density at radius 1 is 1.09 bits per heavy atom. The molecule has 0 aliphatic carbocycles. The smallest absolute Gasteiger partial charge is 0.224 e. The van der Waals surface area contributed by atoms with Crippen LogP contribution in [0.25, 0.3) is 0 Å². The average Bonchev–Trinajstić information content (AvgIpc) is 2.48. The minimum Gasteiger partial charge on any atom is -0.356 e. The molecule has 1 N–H and O–H groups in total. The highest BCUT2D eigenvalue weighted by Crippen LogP contribution is 2.15. The maximum atomic E-state index is 13.6. The number of hydrogen-bond acceptors (Lipinski definition) is 1. The Kier molecular flexibility index (Phi) is 5.90. The lowest BCUT2D eigenvalue weighted by Gasteiger charge is -2.06. The Labute approximate surface area is 133 Å². The molecule has 0 atom stereocenters. The van der Waals surface area contributed by atoms with E-state index in [-0.39, 0.29) is 18.1 Å². The zero-order valence-corrected chi connectivity index (χ0v) is 12.7. The number of halogens is 3. The molecule has 0 unspecified atom stereocenters. The third kappa shape index (κ3) is 5.11. The highest BCUT2D eigenvalue weighted by molar-refractivity contribution is 6.30. The van der Waals surface area contributed by atoms with Crippen molar-refractivity contribution >= 4 is 17.5 Å². The van der Waals surface area contributed by atoms with Gasteiger partial charge in [0.25, 0.3) is 0 Å². The van der Waals surface area contributed by atoms with Gasteiger partial charge < -0.3 is 5.32 Å². The van der Waals surface area contributed by atoms with Crippen molar-refractivity contribution in [3.8, 4) is 0 Å². The molecule has 0 aromatic heterocycles. The van der Waals surface area contributed by atoms with Crippen LogP contribution < -0.4 is 5.32 Å². The second-order valence-electron chi connectivity index (χ2n) is 4.99. The molecule has 0 radical (unpaired) electrons. The number of hydrogen-bond donors (Lipinski definition) is 1. The van der Waals surface area contributed by atoms with Crippen LogP contribution in [0.15, 0.2) is 42.5 Å². The molecule has 5 heteroatoms. The Morgan fingerprint density at radius 2 is 1.82 bits per heavy atom. The van der Waals surface area contributed by atoms with Crippen molar-refractivity contribution < 1.29 is 13.6 Å². The molecule has 22 heavy (non-hydrogen) atoms. The quantitative estimate of drug-likeness (QED) is 0.802. The highest BCUT2D eigenvalue weighted by atomic mass is 35.5. The first kappa shape index (κ1) is 16.4. The van der Waals surface area contributed by atoms with Crippen LogP contribution in [0.3, 0.4) is 0 Å². The fraction of sp³-hybridized carbons (Fsp3) is 0.235. The molecule has 0 saturated heterocycles. The van der Waals surface area contributed by atoms with Crippen LogP contribution in [0.1, 0.15) is 17.5 Å². The van der Waals surface area contributed by atoms with Crippen LogP contribution in [0, 0.1) is 11.6 Å². The van der Waals surface area contributed by atoms with Gasteiger partial charge in [0.2, 0.25) is 5.91 Å². The van der Waals surface area contributed by atoms with Gasteiger partial charge in [-0.2, -0.15) is 0 Å². The van der Waals surface area contributed by atoms with Gasteiger partial charge in [-0.15, -0.1) is 0 Å². The standard InChI is InChI=1S/C17H16ClF2NO/c18-14-6-5-13(16(20)11-14)10-17(22)21-9-1-2-12-3-7-15(19)8-4-12/h3-8,11H,1-2,9-10H2,(H,21,22). The van der Waals surface area contributed by atoms with Crippen LogP contribution in [0.2, 0.25) is 5.02 Å². The fourth-order valence-corrected chi connectivity index (χ4v) is 2.23. The molecule has 2 aromatic rings. The Morgan fingerprint density at radius 3 is 2.50 bits per heavy atom. The Balaban J connectivity index is 1.72. The van der Waals surface area contributed by atoms with E-state index in [0.717, 1.165) is 18.4 Å². The molecule has 0 fully saturated rings. The molecule has 2 nitrogen and oxygen atoms in total. The fourth-order valence-electron chi connectivity index (χ4n) is 2.07. The molecular formula is C17H16ClF2NO.